The van der Waals surface area contributed by atoms with Crippen LogP contribution in [0.25, 0.3) is 0 Å². The third-order valence-corrected chi connectivity index (χ3v) is 4.07. The maximum Gasteiger partial charge on any atom is 0.117 e. The van der Waals surface area contributed by atoms with E-state index < -0.39 is 0 Å². The lowest BCUT2D eigenvalue weighted by Crippen LogP contribution is -2.49. The summed E-state index contributed by atoms with van der Waals surface area (Å²) in [5, 5.41) is 3.58. The van der Waals surface area contributed by atoms with Gasteiger partial charge in [0.15, 0.2) is 0 Å². The molecule has 1 atom stereocenters. The highest BCUT2D eigenvalue weighted by Gasteiger charge is 2.22. The molecule has 3 heterocycles. The Balaban J connectivity index is 1.40. The van der Waals surface area contributed by atoms with Crippen molar-refractivity contribution in [2.45, 2.75) is 25.4 Å². The molecule has 2 aliphatic rings. The zero-order valence-corrected chi connectivity index (χ0v) is 11.0. The largest absolute Gasteiger partial charge is 0.468 e. The van der Waals surface area contributed by atoms with Crippen molar-refractivity contribution in [3.8, 4) is 0 Å². The van der Waals surface area contributed by atoms with Crippen LogP contribution < -0.4 is 5.32 Å². The molecule has 2 aliphatic heterocycles. The van der Waals surface area contributed by atoms with Crippen molar-refractivity contribution in [1.82, 2.24) is 15.1 Å². The van der Waals surface area contributed by atoms with Gasteiger partial charge >= 0.3 is 0 Å². The Bertz CT molecular complexity index is 338. The highest BCUT2D eigenvalue weighted by atomic mass is 16.3. The minimum atomic E-state index is 0.738. The van der Waals surface area contributed by atoms with E-state index in [1.54, 1.807) is 6.26 Å². The third-order valence-electron chi connectivity index (χ3n) is 4.07. The molecule has 3 rings (SSSR count). The van der Waals surface area contributed by atoms with E-state index in [0.29, 0.717) is 0 Å². The van der Waals surface area contributed by atoms with E-state index in [1.165, 1.54) is 39.0 Å². The van der Waals surface area contributed by atoms with E-state index in [0.717, 1.165) is 31.4 Å². The maximum absolute atomic E-state index is 5.41. The summed E-state index contributed by atoms with van der Waals surface area (Å²) in [5.74, 6) is 1.08. The highest BCUT2D eigenvalue weighted by Crippen LogP contribution is 2.11. The third kappa shape index (κ3) is 3.13. The average Bonchev–Trinajstić information content (AvgIpc) is 3.05. The first-order valence-electron chi connectivity index (χ1n) is 7.10. The molecule has 2 fully saturated rings. The molecule has 1 aromatic heterocycles. The van der Waals surface area contributed by atoms with Gasteiger partial charge in [0.05, 0.1) is 12.8 Å². The van der Waals surface area contributed by atoms with Crippen molar-refractivity contribution >= 4 is 0 Å². The Hall–Kier alpha value is -0.840. The summed E-state index contributed by atoms with van der Waals surface area (Å²) >= 11 is 0. The summed E-state index contributed by atoms with van der Waals surface area (Å²) in [6.45, 7) is 8.11. The number of nitrogens with zero attached hydrogens (tertiary/aromatic N) is 2. The minimum absolute atomic E-state index is 0.738. The first-order chi connectivity index (χ1) is 8.90. The monoisotopic (exact) mass is 249 g/mol. The van der Waals surface area contributed by atoms with Gasteiger partial charge in [0, 0.05) is 38.8 Å². The molecular formula is C14H23N3O. The summed E-state index contributed by atoms with van der Waals surface area (Å²) in [4.78, 5) is 5.08. The van der Waals surface area contributed by atoms with Crippen molar-refractivity contribution < 1.29 is 4.42 Å². The van der Waals surface area contributed by atoms with Gasteiger partial charge in [-0.25, -0.2) is 0 Å². The Morgan fingerprint density at radius 1 is 1.22 bits per heavy atom. The van der Waals surface area contributed by atoms with Gasteiger partial charge in [0.1, 0.15) is 5.76 Å². The first kappa shape index (κ1) is 12.2. The molecule has 4 heteroatoms. The second-order valence-electron chi connectivity index (χ2n) is 5.45. The topological polar surface area (TPSA) is 31.7 Å². The summed E-state index contributed by atoms with van der Waals surface area (Å²) in [6, 6.07) is 4.77. The van der Waals surface area contributed by atoms with Crippen LogP contribution in [0.1, 0.15) is 18.6 Å². The predicted molar refractivity (Wildman–Crippen MR) is 71.4 cm³/mol. The van der Waals surface area contributed by atoms with Gasteiger partial charge in [-0.15, -0.1) is 0 Å². The lowest BCUT2D eigenvalue weighted by Gasteiger charge is -2.35. The SMILES string of the molecule is c1coc(CN2CCN(C[C@@H]3CCCN3)CC2)c1. The van der Waals surface area contributed by atoms with E-state index in [2.05, 4.69) is 21.2 Å². The van der Waals surface area contributed by atoms with Gasteiger partial charge in [-0.2, -0.15) is 0 Å². The van der Waals surface area contributed by atoms with Crippen molar-refractivity contribution in [2.24, 2.45) is 0 Å². The van der Waals surface area contributed by atoms with Gasteiger partial charge in [-0.3, -0.25) is 9.80 Å². The van der Waals surface area contributed by atoms with Crippen molar-refractivity contribution in [3.63, 3.8) is 0 Å². The molecule has 0 aliphatic carbocycles. The predicted octanol–water partition coefficient (Wildman–Crippen LogP) is 1.15. The summed E-state index contributed by atoms with van der Waals surface area (Å²) in [5.41, 5.74) is 0. The maximum atomic E-state index is 5.41. The summed E-state index contributed by atoms with van der Waals surface area (Å²) < 4.78 is 5.41. The Labute approximate surface area is 109 Å². The standard InChI is InChI=1S/C14H23N3O/c1-3-13(15-5-1)11-16-6-8-17(9-7-16)12-14-4-2-10-18-14/h2,4,10,13,15H,1,3,5-9,11-12H2/t13-/m0/s1. The summed E-state index contributed by atoms with van der Waals surface area (Å²) in [6.07, 6.45) is 4.47. The second-order valence-corrected chi connectivity index (χ2v) is 5.45. The van der Waals surface area contributed by atoms with Crippen molar-refractivity contribution in [1.29, 1.82) is 0 Å². The molecule has 0 aromatic carbocycles. The van der Waals surface area contributed by atoms with Gasteiger partial charge in [0.25, 0.3) is 0 Å². The van der Waals surface area contributed by atoms with Crippen molar-refractivity contribution in [2.75, 3.05) is 39.3 Å². The molecular weight excluding hydrogens is 226 g/mol. The van der Waals surface area contributed by atoms with Crippen LogP contribution in [0.5, 0.6) is 0 Å². The van der Waals surface area contributed by atoms with E-state index in [1.807, 2.05) is 6.07 Å². The quantitative estimate of drug-likeness (QED) is 0.867. The molecule has 18 heavy (non-hydrogen) atoms. The number of nitrogens with one attached hydrogen (secondary N) is 1. The fourth-order valence-corrected chi connectivity index (χ4v) is 2.98. The number of furan rings is 1. The molecule has 1 aromatic rings. The molecule has 100 valence electrons. The van der Waals surface area contributed by atoms with Crippen LogP contribution in [-0.4, -0.2) is 55.1 Å². The number of hydrogen-bond donors (Lipinski definition) is 1. The molecule has 1 N–H and O–H groups in total. The van der Waals surface area contributed by atoms with Gasteiger partial charge in [-0.1, -0.05) is 0 Å². The molecule has 0 unspecified atom stereocenters. The fourth-order valence-electron chi connectivity index (χ4n) is 2.98. The molecule has 0 amide bonds. The zero-order valence-electron chi connectivity index (χ0n) is 11.0. The Morgan fingerprint density at radius 2 is 2.06 bits per heavy atom. The van der Waals surface area contributed by atoms with E-state index in [-0.39, 0.29) is 0 Å². The Morgan fingerprint density at radius 3 is 2.72 bits per heavy atom. The van der Waals surface area contributed by atoms with Crippen LogP contribution in [0.15, 0.2) is 22.8 Å². The second kappa shape index (κ2) is 5.87. The van der Waals surface area contributed by atoms with Crippen LogP contribution in [0, 0.1) is 0 Å². The van der Waals surface area contributed by atoms with Crippen molar-refractivity contribution in [3.05, 3.63) is 24.2 Å². The number of rotatable bonds is 4. The van der Waals surface area contributed by atoms with Crippen LogP contribution in [0.3, 0.4) is 0 Å². The van der Waals surface area contributed by atoms with Crippen LogP contribution >= 0.6 is 0 Å². The highest BCUT2D eigenvalue weighted by molar-refractivity contribution is 4.98. The fraction of sp³-hybridized carbons (Fsp3) is 0.714. The normalized spacial score (nSPS) is 26.8. The van der Waals surface area contributed by atoms with Crippen LogP contribution in [-0.2, 0) is 6.54 Å². The molecule has 4 nitrogen and oxygen atoms in total. The van der Waals surface area contributed by atoms with Crippen LogP contribution in [0.4, 0.5) is 0 Å². The first-order valence-corrected chi connectivity index (χ1v) is 7.10. The lowest BCUT2D eigenvalue weighted by molar-refractivity contribution is 0.114. The molecule has 0 radical (unpaired) electrons. The lowest BCUT2D eigenvalue weighted by atomic mass is 10.2. The van der Waals surface area contributed by atoms with E-state index in [9.17, 15) is 0 Å². The average molecular weight is 249 g/mol. The van der Waals surface area contributed by atoms with Gasteiger partial charge in [-0.05, 0) is 31.5 Å². The molecule has 0 saturated carbocycles. The number of hydrogen-bond acceptors (Lipinski definition) is 4. The minimum Gasteiger partial charge on any atom is -0.468 e. The number of piperazine rings is 1. The summed E-state index contributed by atoms with van der Waals surface area (Å²) in [7, 11) is 0. The molecule has 2 saturated heterocycles. The molecule has 0 spiro atoms. The Kier molecular flexibility index (Phi) is 3.98. The van der Waals surface area contributed by atoms with E-state index >= 15 is 0 Å². The molecule has 0 bridgehead atoms. The van der Waals surface area contributed by atoms with Gasteiger partial charge < -0.3 is 9.73 Å². The van der Waals surface area contributed by atoms with E-state index in [4.69, 9.17) is 4.42 Å². The van der Waals surface area contributed by atoms with Crippen LogP contribution in [0.2, 0.25) is 0 Å². The zero-order chi connectivity index (χ0) is 12.2. The van der Waals surface area contributed by atoms with Gasteiger partial charge in [0.2, 0.25) is 0 Å². The smallest absolute Gasteiger partial charge is 0.117 e.